The maximum Gasteiger partial charge on any atom is 0.379 e. The minimum absolute atomic E-state index is 0. The number of aromatic nitrogens is 4. The first-order valence-corrected chi connectivity index (χ1v) is 9.63. The van der Waals surface area contributed by atoms with Gasteiger partial charge in [-0.25, -0.2) is 9.59 Å². The molecule has 2 N–H and O–H groups in total. The Labute approximate surface area is 198 Å². The van der Waals surface area contributed by atoms with E-state index in [1.54, 1.807) is 38.2 Å². The molecular formula is C24H30N4O6. The van der Waals surface area contributed by atoms with Gasteiger partial charge in [0.25, 0.3) is 5.78 Å². The summed E-state index contributed by atoms with van der Waals surface area (Å²) in [6.45, 7) is 3.81. The molecule has 0 aliphatic heterocycles. The lowest BCUT2D eigenvalue weighted by Gasteiger charge is -1.99. The van der Waals surface area contributed by atoms with Gasteiger partial charge in [-0.2, -0.15) is 5.10 Å². The van der Waals surface area contributed by atoms with Gasteiger partial charge in [0.05, 0.1) is 18.9 Å². The number of hydrogen-bond donors (Lipinski definition) is 2. The van der Waals surface area contributed by atoms with Crippen molar-refractivity contribution in [2.45, 2.75) is 28.7 Å². The molecule has 3 heterocycles. The number of carbonyl (C=O) groups is 3. The molecule has 0 atom stereocenters. The van der Waals surface area contributed by atoms with Crippen LogP contribution >= 0.6 is 0 Å². The number of ketones is 1. The van der Waals surface area contributed by atoms with Crippen LogP contribution in [0.1, 0.15) is 44.9 Å². The van der Waals surface area contributed by atoms with Crippen LogP contribution in [0.4, 0.5) is 0 Å². The summed E-state index contributed by atoms with van der Waals surface area (Å²) >= 11 is 0. The van der Waals surface area contributed by atoms with Crippen molar-refractivity contribution < 1.29 is 29.0 Å². The first kappa shape index (κ1) is 29.7. The van der Waals surface area contributed by atoms with Crippen molar-refractivity contribution in [3.05, 3.63) is 72.3 Å². The van der Waals surface area contributed by atoms with Gasteiger partial charge in [-0.05, 0) is 38.1 Å². The molecule has 3 aromatic rings. The Hall–Kier alpha value is -4.34. The summed E-state index contributed by atoms with van der Waals surface area (Å²) in [7, 11) is 0. The number of ether oxygens (including phenoxy) is 2. The Morgan fingerprint density at radius 1 is 0.941 bits per heavy atom. The first-order chi connectivity index (χ1) is 15.5. The summed E-state index contributed by atoms with van der Waals surface area (Å²) in [5.74, 6) is -2.68. The lowest BCUT2D eigenvalue weighted by atomic mass is 10.2. The number of aliphatic hydroxyl groups excluding tert-OH is 1. The number of pyridine rings is 2. The van der Waals surface area contributed by atoms with Gasteiger partial charge in [0.1, 0.15) is 22.8 Å². The fraction of sp³-hybridized carbons (Fsp3) is 0.250. The van der Waals surface area contributed by atoms with Crippen molar-refractivity contribution in [1.29, 1.82) is 0 Å². The van der Waals surface area contributed by atoms with Crippen LogP contribution in [0.2, 0.25) is 0 Å². The molecule has 10 nitrogen and oxygen atoms in total. The van der Waals surface area contributed by atoms with E-state index >= 15 is 0 Å². The number of H-pyrrole nitrogens is 1. The summed E-state index contributed by atoms with van der Waals surface area (Å²) in [5.41, 5.74) is 1.90. The second-order valence-electron chi connectivity index (χ2n) is 5.93. The Bertz CT molecular complexity index is 1070. The van der Waals surface area contributed by atoms with Gasteiger partial charge in [-0.3, -0.25) is 19.9 Å². The molecule has 0 amide bonds. The Morgan fingerprint density at radius 2 is 1.59 bits per heavy atom. The summed E-state index contributed by atoms with van der Waals surface area (Å²) in [6.07, 6.45) is 3.93. The van der Waals surface area contributed by atoms with Crippen LogP contribution < -0.4 is 0 Å². The van der Waals surface area contributed by atoms with Gasteiger partial charge >= 0.3 is 11.9 Å². The van der Waals surface area contributed by atoms with Crippen LogP contribution in [0.15, 0.2) is 60.9 Å². The maximum absolute atomic E-state index is 11.4. The number of carbonyl (C=O) groups excluding carboxylic acids is 3. The van der Waals surface area contributed by atoms with Crippen molar-refractivity contribution in [2.75, 3.05) is 13.2 Å². The van der Waals surface area contributed by atoms with E-state index in [9.17, 15) is 19.5 Å². The molecule has 3 rings (SSSR count). The van der Waals surface area contributed by atoms with E-state index in [1.807, 2.05) is 18.2 Å². The summed E-state index contributed by atoms with van der Waals surface area (Å²) < 4.78 is 9.32. The van der Waals surface area contributed by atoms with Gasteiger partial charge in [-0.1, -0.05) is 27.0 Å². The second kappa shape index (κ2) is 15.5. The highest BCUT2D eigenvalue weighted by atomic mass is 16.5. The van der Waals surface area contributed by atoms with E-state index in [4.69, 9.17) is 4.74 Å². The number of nitrogens with zero attached hydrogens (tertiary/aromatic N) is 3. The number of nitrogens with one attached hydrogen (secondary N) is 1. The average Bonchev–Trinajstić information content (AvgIpc) is 3.31. The fourth-order valence-corrected chi connectivity index (χ4v) is 2.25. The zero-order valence-corrected chi connectivity index (χ0v) is 17.5. The summed E-state index contributed by atoms with van der Waals surface area (Å²) in [4.78, 5) is 41.5. The molecule has 10 heteroatoms. The Balaban J connectivity index is 0.000000605. The topological polar surface area (TPSA) is 144 Å². The van der Waals surface area contributed by atoms with Crippen LogP contribution in [0.3, 0.4) is 0 Å². The molecule has 0 aromatic carbocycles. The first-order valence-electron chi connectivity index (χ1n) is 9.63. The molecule has 0 radical (unpaired) electrons. The number of rotatable bonds is 7. The summed E-state index contributed by atoms with van der Waals surface area (Å²) in [6, 6.07) is 12.0. The quantitative estimate of drug-likeness (QED) is 0.226. The number of aliphatic hydroxyl groups is 1. The van der Waals surface area contributed by atoms with Crippen molar-refractivity contribution in [1.82, 2.24) is 20.2 Å². The lowest BCUT2D eigenvalue weighted by molar-refractivity contribution is -0.151. The van der Waals surface area contributed by atoms with Crippen LogP contribution in [0.5, 0.6) is 0 Å². The Morgan fingerprint density at radius 3 is 2.15 bits per heavy atom. The van der Waals surface area contributed by atoms with E-state index in [1.165, 1.54) is 12.3 Å². The van der Waals surface area contributed by atoms with Crippen LogP contribution in [0.25, 0.3) is 17.1 Å². The third kappa shape index (κ3) is 9.03. The van der Waals surface area contributed by atoms with Gasteiger partial charge in [0.2, 0.25) is 0 Å². The second-order valence-corrected chi connectivity index (χ2v) is 5.93. The summed E-state index contributed by atoms with van der Waals surface area (Å²) in [5, 5.41) is 16.1. The molecular weight excluding hydrogens is 440 g/mol. The highest BCUT2D eigenvalue weighted by Crippen LogP contribution is 2.14. The van der Waals surface area contributed by atoms with Crippen LogP contribution in [-0.4, -0.2) is 56.2 Å². The molecule has 0 saturated carbocycles. The number of aromatic amines is 1. The number of esters is 2. The van der Waals surface area contributed by atoms with Crippen molar-refractivity contribution in [3.8, 4) is 11.4 Å². The van der Waals surface area contributed by atoms with E-state index < -0.39 is 17.7 Å². The molecule has 0 aliphatic carbocycles. The number of hydrogen-bond acceptors (Lipinski definition) is 9. The van der Waals surface area contributed by atoms with Gasteiger partial charge in [0.15, 0.2) is 0 Å². The third-order valence-corrected chi connectivity index (χ3v) is 3.67. The molecule has 0 unspecified atom stereocenters. The average molecular weight is 471 g/mol. The zero-order valence-electron chi connectivity index (χ0n) is 17.5. The molecule has 0 spiro atoms. The van der Waals surface area contributed by atoms with Crippen molar-refractivity contribution in [3.63, 3.8) is 0 Å². The van der Waals surface area contributed by atoms with E-state index in [-0.39, 0.29) is 32.9 Å². The maximum atomic E-state index is 11.4. The van der Waals surface area contributed by atoms with E-state index in [0.717, 1.165) is 6.08 Å². The highest BCUT2D eigenvalue weighted by molar-refractivity contribution is 6.39. The van der Waals surface area contributed by atoms with Crippen LogP contribution in [-0.2, 0) is 19.1 Å². The monoisotopic (exact) mass is 470 g/mol. The molecule has 182 valence electrons. The zero-order chi connectivity index (χ0) is 23.3. The van der Waals surface area contributed by atoms with Gasteiger partial charge in [-0.15, -0.1) is 0 Å². The fourth-order valence-electron chi connectivity index (χ4n) is 2.25. The smallest absolute Gasteiger partial charge is 0.379 e. The predicted molar refractivity (Wildman–Crippen MR) is 128 cm³/mol. The minimum atomic E-state index is -0.995. The van der Waals surface area contributed by atoms with E-state index in [2.05, 4.69) is 24.9 Å². The lowest BCUT2D eigenvalue weighted by Crippen LogP contribution is -2.15. The Kier molecular flexibility index (Phi) is 13.5. The third-order valence-electron chi connectivity index (χ3n) is 3.67. The normalized spacial score (nSPS) is 9.88. The highest BCUT2D eigenvalue weighted by Gasteiger charge is 2.14. The molecule has 3 aromatic heterocycles. The standard InChI is InChI=1S/C11H11N3O2.C11H11NO4.2CH4/c1-2-16-11(15)10-7-9(13-14-10)8-5-3-4-6-12-8;1-2-16-11(15)10(14)7-9(13)8-5-3-4-6-12-8;;/h3-7H,2H2,1H3,(H,13,14);3-7,13H,2H2,1H3;2*1H4. The van der Waals surface area contributed by atoms with Crippen molar-refractivity contribution in [2.24, 2.45) is 0 Å². The molecule has 0 aliphatic rings. The predicted octanol–water partition coefficient (Wildman–Crippen LogP) is 4.03. The molecule has 34 heavy (non-hydrogen) atoms. The minimum Gasteiger partial charge on any atom is -0.506 e. The molecule has 0 fully saturated rings. The van der Waals surface area contributed by atoms with E-state index in [0.29, 0.717) is 23.7 Å². The molecule has 0 bridgehead atoms. The van der Waals surface area contributed by atoms with Gasteiger partial charge < -0.3 is 14.6 Å². The van der Waals surface area contributed by atoms with Crippen molar-refractivity contribution >= 4 is 23.5 Å². The van der Waals surface area contributed by atoms with Crippen LogP contribution in [0, 0.1) is 0 Å². The SMILES string of the molecule is C.C.CCOC(=O)C(=O)C=C(O)c1ccccn1.CCOC(=O)c1cc(-c2ccccn2)n[nH]1. The largest absolute Gasteiger partial charge is 0.506 e. The molecule has 0 saturated heterocycles. The van der Waals surface area contributed by atoms with Gasteiger partial charge in [0, 0.05) is 24.5 Å².